The average molecular weight is 456 g/mol. The van der Waals surface area contributed by atoms with E-state index in [1.165, 1.54) is 0 Å². The number of benzene rings is 1. The van der Waals surface area contributed by atoms with Crippen molar-refractivity contribution < 1.29 is 19.0 Å². The molecular formula is C24H33N5O4. The van der Waals surface area contributed by atoms with Gasteiger partial charge in [0, 0.05) is 56.6 Å². The molecular weight excluding hydrogens is 422 g/mol. The number of nitrogens with zero attached hydrogens (tertiary/aromatic N) is 4. The van der Waals surface area contributed by atoms with E-state index in [4.69, 9.17) is 14.2 Å². The zero-order chi connectivity index (χ0) is 23.0. The van der Waals surface area contributed by atoms with Gasteiger partial charge in [-0.15, -0.1) is 0 Å². The number of amides is 1. The Hall–Kier alpha value is -3.07. The van der Waals surface area contributed by atoms with E-state index in [9.17, 15) is 4.79 Å². The van der Waals surface area contributed by atoms with Crippen LogP contribution in [0.4, 0.5) is 17.3 Å². The van der Waals surface area contributed by atoms with E-state index < -0.39 is 0 Å². The standard InChI is InChI=1S/C24H33N5O4/c1-3-32-21-17-20(28-12-14-31-15-13-28)22(33-4-2)16-19(21)27-23(30)18-6-10-29(11-7-18)24-25-8-5-9-26-24/h5,8-9,16-18H,3-4,6-7,10-15H2,1-2H3,(H,27,30). The SMILES string of the molecule is CCOc1cc(N2CCOCC2)c(OCC)cc1NC(=O)C1CCN(c2ncccn2)CC1. The van der Waals surface area contributed by atoms with E-state index in [0.717, 1.165) is 56.4 Å². The highest BCUT2D eigenvalue weighted by molar-refractivity contribution is 5.95. The largest absolute Gasteiger partial charge is 0.492 e. The first-order valence-corrected chi connectivity index (χ1v) is 11.8. The summed E-state index contributed by atoms with van der Waals surface area (Å²) >= 11 is 0. The summed E-state index contributed by atoms with van der Waals surface area (Å²) in [6.45, 7) is 9.40. The van der Waals surface area contributed by atoms with Gasteiger partial charge >= 0.3 is 0 Å². The second-order valence-electron chi connectivity index (χ2n) is 8.08. The van der Waals surface area contributed by atoms with Crippen LogP contribution in [-0.2, 0) is 9.53 Å². The predicted molar refractivity (Wildman–Crippen MR) is 127 cm³/mol. The molecule has 0 saturated carbocycles. The highest BCUT2D eigenvalue weighted by atomic mass is 16.5. The van der Waals surface area contributed by atoms with Crippen LogP contribution in [0.5, 0.6) is 11.5 Å². The Balaban J connectivity index is 1.48. The number of hydrogen-bond donors (Lipinski definition) is 1. The van der Waals surface area contributed by atoms with Gasteiger partial charge in [-0.1, -0.05) is 0 Å². The van der Waals surface area contributed by atoms with Crippen LogP contribution < -0.4 is 24.6 Å². The number of anilines is 3. The van der Waals surface area contributed by atoms with Crippen molar-refractivity contribution in [2.75, 3.05) is 67.7 Å². The number of carbonyl (C=O) groups excluding carboxylic acids is 1. The van der Waals surface area contributed by atoms with Crippen LogP contribution in [0, 0.1) is 5.92 Å². The van der Waals surface area contributed by atoms with Crippen molar-refractivity contribution in [3.05, 3.63) is 30.6 Å². The lowest BCUT2D eigenvalue weighted by molar-refractivity contribution is -0.120. The summed E-state index contributed by atoms with van der Waals surface area (Å²) in [5, 5.41) is 3.11. The molecule has 0 spiro atoms. The van der Waals surface area contributed by atoms with E-state index in [1.807, 2.05) is 26.0 Å². The number of piperidine rings is 1. The summed E-state index contributed by atoms with van der Waals surface area (Å²) in [6, 6.07) is 5.68. The van der Waals surface area contributed by atoms with Crippen molar-refractivity contribution in [1.29, 1.82) is 0 Å². The fourth-order valence-corrected chi connectivity index (χ4v) is 4.28. The Morgan fingerprint density at radius 2 is 1.67 bits per heavy atom. The van der Waals surface area contributed by atoms with Gasteiger partial charge in [-0.3, -0.25) is 4.79 Å². The monoisotopic (exact) mass is 455 g/mol. The van der Waals surface area contributed by atoms with Crippen LogP contribution >= 0.6 is 0 Å². The molecule has 178 valence electrons. The smallest absolute Gasteiger partial charge is 0.227 e. The van der Waals surface area contributed by atoms with Crippen molar-refractivity contribution in [2.45, 2.75) is 26.7 Å². The van der Waals surface area contributed by atoms with E-state index in [-0.39, 0.29) is 11.8 Å². The Kier molecular flexibility index (Phi) is 7.83. The fraction of sp³-hybridized carbons (Fsp3) is 0.542. The number of rotatable bonds is 8. The minimum atomic E-state index is -0.0751. The number of aromatic nitrogens is 2. The minimum absolute atomic E-state index is 0.00570. The summed E-state index contributed by atoms with van der Waals surface area (Å²) in [5.41, 5.74) is 1.62. The molecule has 4 rings (SSSR count). The predicted octanol–water partition coefficient (Wildman–Crippen LogP) is 2.97. The van der Waals surface area contributed by atoms with Crippen molar-refractivity contribution in [1.82, 2.24) is 9.97 Å². The first kappa shape index (κ1) is 23.1. The van der Waals surface area contributed by atoms with Gasteiger partial charge < -0.3 is 29.3 Å². The number of morpholine rings is 1. The van der Waals surface area contributed by atoms with Gasteiger partial charge in [-0.25, -0.2) is 9.97 Å². The zero-order valence-corrected chi connectivity index (χ0v) is 19.5. The van der Waals surface area contributed by atoms with Gasteiger partial charge in [0.1, 0.15) is 11.5 Å². The van der Waals surface area contributed by atoms with Gasteiger partial charge in [-0.05, 0) is 32.8 Å². The third-order valence-corrected chi connectivity index (χ3v) is 5.97. The molecule has 33 heavy (non-hydrogen) atoms. The third kappa shape index (κ3) is 5.65. The van der Waals surface area contributed by atoms with Gasteiger partial charge in [-0.2, -0.15) is 0 Å². The van der Waals surface area contributed by atoms with Crippen molar-refractivity contribution >= 4 is 23.2 Å². The second kappa shape index (κ2) is 11.2. The Labute approximate surface area is 195 Å². The summed E-state index contributed by atoms with van der Waals surface area (Å²) < 4.78 is 17.4. The van der Waals surface area contributed by atoms with Gasteiger partial charge in [0.2, 0.25) is 11.9 Å². The van der Waals surface area contributed by atoms with Crippen molar-refractivity contribution in [3.63, 3.8) is 0 Å². The maximum absolute atomic E-state index is 13.1. The molecule has 1 aromatic carbocycles. The van der Waals surface area contributed by atoms with Crippen LogP contribution in [0.1, 0.15) is 26.7 Å². The number of carbonyl (C=O) groups is 1. The Morgan fingerprint density at radius 1 is 1.00 bits per heavy atom. The number of ether oxygens (including phenoxy) is 3. The molecule has 2 aromatic rings. The third-order valence-electron chi connectivity index (χ3n) is 5.97. The van der Waals surface area contributed by atoms with Crippen LogP contribution in [0.15, 0.2) is 30.6 Å². The summed E-state index contributed by atoms with van der Waals surface area (Å²) in [7, 11) is 0. The van der Waals surface area contributed by atoms with E-state index in [0.29, 0.717) is 37.9 Å². The van der Waals surface area contributed by atoms with E-state index in [2.05, 4.69) is 25.1 Å². The van der Waals surface area contributed by atoms with E-state index in [1.54, 1.807) is 18.5 Å². The highest BCUT2D eigenvalue weighted by Gasteiger charge is 2.27. The van der Waals surface area contributed by atoms with Crippen molar-refractivity contribution in [2.24, 2.45) is 5.92 Å². The Morgan fingerprint density at radius 3 is 2.33 bits per heavy atom. The topological polar surface area (TPSA) is 89.0 Å². The number of nitrogens with one attached hydrogen (secondary N) is 1. The first-order valence-electron chi connectivity index (χ1n) is 11.8. The molecule has 2 fully saturated rings. The number of hydrogen-bond acceptors (Lipinski definition) is 8. The molecule has 3 heterocycles. The lowest BCUT2D eigenvalue weighted by Gasteiger charge is -2.32. The molecule has 0 unspecified atom stereocenters. The van der Waals surface area contributed by atoms with E-state index >= 15 is 0 Å². The molecule has 1 N–H and O–H groups in total. The van der Waals surface area contributed by atoms with Crippen molar-refractivity contribution in [3.8, 4) is 11.5 Å². The zero-order valence-electron chi connectivity index (χ0n) is 19.5. The molecule has 2 aliphatic rings. The summed E-state index contributed by atoms with van der Waals surface area (Å²) in [4.78, 5) is 26.1. The van der Waals surface area contributed by atoms with Gasteiger partial charge in [0.05, 0.1) is 37.8 Å². The quantitative estimate of drug-likeness (QED) is 0.650. The fourth-order valence-electron chi connectivity index (χ4n) is 4.28. The van der Waals surface area contributed by atoms with Crippen LogP contribution in [-0.4, -0.2) is 68.5 Å². The molecule has 9 nitrogen and oxygen atoms in total. The average Bonchev–Trinajstić information content (AvgIpc) is 2.87. The summed E-state index contributed by atoms with van der Waals surface area (Å²) in [6.07, 6.45) is 4.98. The molecule has 2 saturated heterocycles. The molecule has 1 amide bonds. The molecule has 0 bridgehead atoms. The molecule has 0 atom stereocenters. The van der Waals surface area contributed by atoms with Gasteiger partial charge in [0.25, 0.3) is 0 Å². The first-order chi connectivity index (χ1) is 16.2. The summed E-state index contributed by atoms with van der Waals surface area (Å²) in [5.74, 6) is 2.05. The minimum Gasteiger partial charge on any atom is -0.492 e. The second-order valence-corrected chi connectivity index (χ2v) is 8.08. The molecule has 0 radical (unpaired) electrons. The highest BCUT2D eigenvalue weighted by Crippen LogP contribution is 2.39. The lowest BCUT2D eigenvalue weighted by Crippen LogP contribution is -2.39. The van der Waals surface area contributed by atoms with Crippen LogP contribution in [0.2, 0.25) is 0 Å². The maximum Gasteiger partial charge on any atom is 0.227 e. The molecule has 2 aliphatic heterocycles. The molecule has 9 heteroatoms. The van der Waals surface area contributed by atoms with Gasteiger partial charge in [0.15, 0.2) is 0 Å². The maximum atomic E-state index is 13.1. The van der Waals surface area contributed by atoms with Crippen LogP contribution in [0.3, 0.4) is 0 Å². The Bertz CT molecular complexity index is 913. The van der Waals surface area contributed by atoms with Crippen LogP contribution in [0.25, 0.3) is 0 Å². The lowest BCUT2D eigenvalue weighted by atomic mass is 9.96. The molecule has 1 aromatic heterocycles. The normalized spacial score (nSPS) is 17.0. The molecule has 0 aliphatic carbocycles.